The molecule has 1 aliphatic rings. The summed E-state index contributed by atoms with van der Waals surface area (Å²) < 4.78 is 13.6. The van der Waals surface area contributed by atoms with Gasteiger partial charge in [-0.25, -0.2) is 0 Å². The molecule has 3 aromatic rings. The lowest BCUT2D eigenvalue weighted by Gasteiger charge is -2.39. The van der Waals surface area contributed by atoms with Crippen LogP contribution in [0.3, 0.4) is 0 Å². The Morgan fingerprint density at radius 3 is 2.12 bits per heavy atom. The topological polar surface area (TPSA) is 117 Å². The number of hydrogen-bond donors (Lipinski definition) is 4. The summed E-state index contributed by atoms with van der Waals surface area (Å²) in [5.41, 5.74) is 3.28. The van der Waals surface area contributed by atoms with E-state index in [0.717, 1.165) is 22.4 Å². The van der Waals surface area contributed by atoms with Crippen LogP contribution in [0.15, 0.2) is 60.7 Å². The van der Waals surface area contributed by atoms with Crippen molar-refractivity contribution in [3.05, 3.63) is 71.8 Å². The number of rotatable bonds is 6. The van der Waals surface area contributed by atoms with Gasteiger partial charge in [-0.3, -0.25) is 4.68 Å². The van der Waals surface area contributed by atoms with Crippen molar-refractivity contribution in [3.8, 4) is 17.1 Å². The van der Waals surface area contributed by atoms with Crippen LogP contribution < -0.4 is 4.74 Å². The fourth-order valence-corrected chi connectivity index (χ4v) is 4.14. The lowest BCUT2D eigenvalue weighted by Crippen LogP contribution is -2.60. The number of aliphatic hydroxyl groups is 4. The second-order valence-electron chi connectivity index (χ2n) is 9.56. The SMILES string of the molecule is CC(C)(C)n1nc(O[C@@H]2O[C@H](CO)[C@@H](O)[C@H](O)[C@H]2O)c(Cc2ccccc2)c1-c1ccccc1. The average molecular weight is 469 g/mol. The highest BCUT2D eigenvalue weighted by molar-refractivity contribution is 5.67. The summed E-state index contributed by atoms with van der Waals surface area (Å²) in [4.78, 5) is 0. The monoisotopic (exact) mass is 468 g/mol. The van der Waals surface area contributed by atoms with E-state index in [4.69, 9.17) is 14.6 Å². The number of benzene rings is 2. The van der Waals surface area contributed by atoms with Gasteiger partial charge in [0.15, 0.2) is 0 Å². The number of aliphatic hydroxyl groups excluding tert-OH is 4. The first-order valence-electron chi connectivity index (χ1n) is 11.4. The standard InChI is InChI=1S/C26H32N2O6/c1-26(2,3)28-20(17-12-8-5-9-13-17)18(14-16-10-6-4-7-11-16)24(27-28)34-25-23(32)22(31)21(30)19(15-29)33-25/h4-13,19,21-23,25,29-32H,14-15H2,1-3H3/t19-,21-,22+,23-,25+/m1/s1. The summed E-state index contributed by atoms with van der Waals surface area (Å²) in [6.07, 6.45) is -6.41. The molecule has 8 heteroatoms. The van der Waals surface area contributed by atoms with Crippen molar-refractivity contribution in [3.63, 3.8) is 0 Å². The molecule has 2 heterocycles. The van der Waals surface area contributed by atoms with Crippen LogP contribution in [0.5, 0.6) is 5.88 Å². The fourth-order valence-electron chi connectivity index (χ4n) is 4.14. The molecule has 4 rings (SSSR count). The van der Waals surface area contributed by atoms with Gasteiger partial charge in [-0.2, -0.15) is 0 Å². The van der Waals surface area contributed by atoms with Crippen molar-refractivity contribution in [2.75, 3.05) is 6.61 Å². The van der Waals surface area contributed by atoms with E-state index < -0.39 is 42.9 Å². The van der Waals surface area contributed by atoms with Gasteiger partial charge in [0, 0.05) is 17.5 Å². The first-order valence-corrected chi connectivity index (χ1v) is 11.4. The normalized spacial score (nSPS) is 25.3. The van der Waals surface area contributed by atoms with E-state index in [1.807, 2.05) is 86.1 Å². The van der Waals surface area contributed by atoms with Gasteiger partial charge >= 0.3 is 0 Å². The number of ether oxygens (including phenoxy) is 2. The van der Waals surface area contributed by atoms with Gasteiger partial charge in [0.25, 0.3) is 0 Å². The molecule has 0 amide bonds. The Bertz CT molecular complexity index is 1080. The lowest BCUT2D eigenvalue weighted by molar-refractivity contribution is -0.278. The lowest BCUT2D eigenvalue weighted by atomic mass is 9.98. The van der Waals surface area contributed by atoms with Crippen LogP contribution in [-0.4, -0.2) is 67.5 Å². The van der Waals surface area contributed by atoms with Crippen molar-refractivity contribution in [1.29, 1.82) is 0 Å². The summed E-state index contributed by atoms with van der Waals surface area (Å²) >= 11 is 0. The Morgan fingerprint density at radius 1 is 0.912 bits per heavy atom. The molecule has 0 aliphatic carbocycles. The van der Waals surface area contributed by atoms with Crippen LogP contribution in [0, 0.1) is 0 Å². The molecular weight excluding hydrogens is 436 g/mol. The Balaban J connectivity index is 1.82. The number of aromatic nitrogens is 2. The molecule has 1 aromatic heterocycles. The van der Waals surface area contributed by atoms with Crippen LogP contribution in [0.25, 0.3) is 11.3 Å². The number of hydrogen-bond acceptors (Lipinski definition) is 7. The van der Waals surface area contributed by atoms with Gasteiger partial charge in [0.05, 0.1) is 17.8 Å². The van der Waals surface area contributed by atoms with Crippen LogP contribution in [0.4, 0.5) is 0 Å². The minimum Gasteiger partial charge on any atom is -0.443 e. The Morgan fingerprint density at radius 2 is 1.53 bits per heavy atom. The quantitative estimate of drug-likeness (QED) is 0.438. The minimum absolute atomic E-state index is 0.252. The molecule has 0 saturated carbocycles. The maximum atomic E-state index is 10.5. The van der Waals surface area contributed by atoms with Crippen LogP contribution in [0.2, 0.25) is 0 Å². The highest BCUT2D eigenvalue weighted by atomic mass is 16.7. The predicted octanol–water partition coefficient (Wildman–Crippen LogP) is 2.07. The molecule has 34 heavy (non-hydrogen) atoms. The molecule has 1 fully saturated rings. The third-order valence-corrected chi connectivity index (χ3v) is 5.93. The molecule has 0 radical (unpaired) electrons. The van der Waals surface area contributed by atoms with Gasteiger partial charge in [0.2, 0.25) is 12.2 Å². The summed E-state index contributed by atoms with van der Waals surface area (Å²) in [5.74, 6) is 0.252. The van der Waals surface area contributed by atoms with E-state index in [2.05, 4.69) is 0 Å². The summed E-state index contributed by atoms with van der Waals surface area (Å²) in [6, 6.07) is 19.8. The summed E-state index contributed by atoms with van der Waals surface area (Å²) in [6.45, 7) is 5.58. The molecular formula is C26H32N2O6. The van der Waals surface area contributed by atoms with Crippen LogP contribution >= 0.6 is 0 Å². The third kappa shape index (κ3) is 4.87. The second-order valence-corrected chi connectivity index (χ2v) is 9.56. The molecule has 4 N–H and O–H groups in total. The molecule has 8 nitrogen and oxygen atoms in total. The molecule has 5 atom stereocenters. The zero-order valence-corrected chi connectivity index (χ0v) is 19.6. The van der Waals surface area contributed by atoms with Crippen LogP contribution in [-0.2, 0) is 16.7 Å². The molecule has 1 saturated heterocycles. The Hall–Kier alpha value is -2.75. The van der Waals surface area contributed by atoms with Crippen molar-refractivity contribution >= 4 is 0 Å². The predicted molar refractivity (Wildman–Crippen MR) is 126 cm³/mol. The van der Waals surface area contributed by atoms with Gasteiger partial charge in [-0.15, -0.1) is 5.10 Å². The van der Waals surface area contributed by atoms with Gasteiger partial charge < -0.3 is 29.9 Å². The van der Waals surface area contributed by atoms with E-state index in [0.29, 0.717) is 6.42 Å². The van der Waals surface area contributed by atoms with Crippen molar-refractivity contribution in [1.82, 2.24) is 9.78 Å². The van der Waals surface area contributed by atoms with Crippen molar-refractivity contribution in [2.24, 2.45) is 0 Å². The maximum absolute atomic E-state index is 10.5. The van der Waals surface area contributed by atoms with E-state index in [-0.39, 0.29) is 5.88 Å². The molecule has 182 valence electrons. The zero-order valence-electron chi connectivity index (χ0n) is 19.6. The van der Waals surface area contributed by atoms with E-state index in [1.54, 1.807) is 0 Å². The number of nitrogens with zero attached hydrogens (tertiary/aromatic N) is 2. The molecule has 2 aromatic carbocycles. The van der Waals surface area contributed by atoms with E-state index in [9.17, 15) is 20.4 Å². The van der Waals surface area contributed by atoms with E-state index >= 15 is 0 Å². The largest absolute Gasteiger partial charge is 0.443 e. The molecule has 0 unspecified atom stereocenters. The average Bonchev–Trinajstić information content (AvgIpc) is 3.19. The molecule has 0 spiro atoms. The molecule has 0 bridgehead atoms. The van der Waals surface area contributed by atoms with Gasteiger partial charge in [-0.1, -0.05) is 60.7 Å². The van der Waals surface area contributed by atoms with Gasteiger partial charge in [-0.05, 0) is 26.3 Å². The zero-order chi connectivity index (χ0) is 24.5. The smallest absolute Gasteiger partial charge is 0.239 e. The van der Waals surface area contributed by atoms with Crippen molar-refractivity contribution in [2.45, 2.75) is 63.4 Å². The minimum atomic E-state index is -1.54. The second kappa shape index (κ2) is 9.85. The Kier molecular flexibility index (Phi) is 7.06. The van der Waals surface area contributed by atoms with E-state index in [1.165, 1.54) is 0 Å². The summed E-state index contributed by atoms with van der Waals surface area (Å²) in [7, 11) is 0. The van der Waals surface area contributed by atoms with Crippen LogP contribution in [0.1, 0.15) is 31.9 Å². The maximum Gasteiger partial charge on any atom is 0.239 e. The first kappa shape index (κ1) is 24.4. The van der Waals surface area contributed by atoms with Crippen molar-refractivity contribution < 1.29 is 29.9 Å². The van der Waals surface area contributed by atoms with Gasteiger partial charge in [0.1, 0.15) is 24.4 Å². The fraction of sp³-hybridized carbons (Fsp3) is 0.423. The first-order chi connectivity index (χ1) is 16.2. The highest BCUT2D eigenvalue weighted by Gasteiger charge is 2.45. The highest BCUT2D eigenvalue weighted by Crippen LogP contribution is 2.37. The third-order valence-electron chi connectivity index (χ3n) is 5.93. The molecule has 1 aliphatic heterocycles. The summed E-state index contributed by atoms with van der Waals surface area (Å²) in [5, 5.41) is 45.2. The Labute approximate surface area is 199 Å².